The van der Waals surface area contributed by atoms with Crippen LogP contribution in [0.2, 0.25) is 0 Å². The number of aromatic nitrogens is 3. The van der Waals surface area contributed by atoms with E-state index in [1.807, 2.05) is 0 Å². The molecule has 0 unspecified atom stereocenters. The second-order valence-corrected chi connectivity index (χ2v) is 4.39. The first-order valence-electron chi connectivity index (χ1n) is 5.31. The van der Waals surface area contributed by atoms with Gasteiger partial charge in [-0.05, 0) is 6.42 Å². The van der Waals surface area contributed by atoms with E-state index in [1.54, 1.807) is 10.9 Å². The monoisotopic (exact) mass is 226 g/mol. The Morgan fingerprint density at radius 2 is 2.25 bits per heavy atom. The first-order chi connectivity index (χ1) is 7.68. The zero-order valence-corrected chi connectivity index (χ0v) is 8.60. The molecule has 0 saturated heterocycles. The van der Waals surface area contributed by atoms with Gasteiger partial charge in [-0.3, -0.25) is 0 Å². The number of rotatable bonds is 0. The standard InChI is InChI=1S/C9H14N4O3/c10-5-1-6-9(8(15)7(5)14)16-3-4-2-11-12-13(4)6/h2,5-9,14-15H,1,3,10H2/t5-,6+,7+,8-,9-/m0/s1. The lowest BCUT2D eigenvalue weighted by atomic mass is 9.83. The molecule has 0 bridgehead atoms. The molecule has 88 valence electrons. The lowest BCUT2D eigenvalue weighted by Crippen LogP contribution is -2.59. The van der Waals surface area contributed by atoms with Crippen LogP contribution in [0.5, 0.6) is 0 Å². The Morgan fingerprint density at radius 1 is 1.44 bits per heavy atom. The minimum Gasteiger partial charge on any atom is -0.389 e. The van der Waals surface area contributed by atoms with Gasteiger partial charge in [-0.15, -0.1) is 5.10 Å². The van der Waals surface area contributed by atoms with Crippen LogP contribution in [-0.4, -0.2) is 49.6 Å². The van der Waals surface area contributed by atoms with Crippen molar-refractivity contribution in [1.82, 2.24) is 15.0 Å². The van der Waals surface area contributed by atoms with Crippen molar-refractivity contribution in [2.75, 3.05) is 0 Å². The number of nitrogens with two attached hydrogens (primary N) is 1. The average Bonchev–Trinajstić information content (AvgIpc) is 2.74. The molecule has 1 aliphatic carbocycles. The van der Waals surface area contributed by atoms with Crippen molar-refractivity contribution in [3.05, 3.63) is 11.9 Å². The third kappa shape index (κ3) is 1.29. The first kappa shape index (κ1) is 10.2. The molecule has 1 aromatic heterocycles. The second-order valence-electron chi connectivity index (χ2n) is 4.39. The van der Waals surface area contributed by atoms with Gasteiger partial charge in [0.05, 0.1) is 30.6 Å². The van der Waals surface area contributed by atoms with E-state index >= 15 is 0 Å². The molecule has 1 aliphatic heterocycles. The number of hydrogen-bond acceptors (Lipinski definition) is 6. The van der Waals surface area contributed by atoms with Gasteiger partial charge < -0.3 is 20.7 Å². The van der Waals surface area contributed by atoms with Crippen LogP contribution < -0.4 is 5.73 Å². The summed E-state index contributed by atoms with van der Waals surface area (Å²) in [6.45, 7) is 0.354. The van der Waals surface area contributed by atoms with Crippen LogP contribution in [0.4, 0.5) is 0 Å². The molecule has 0 aromatic carbocycles. The molecule has 2 heterocycles. The predicted molar refractivity (Wildman–Crippen MR) is 52.2 cm³/mol. The maximum absolute atomic E-state index is 9.89. The quantitative estimate of drug-likeness (QED) is 0.480. The van der Waals surface area contributed by atoms with Crippen molar-refractivity contribution in [3.8, 4) is 0 Å². The molecular weight excluding hydrogens is 212 g/mol. The van der Waals surface area contributed by atoms with Crippen LogP contribution in [0.3, 0.4) is 0 Å². The molecular formula is C9H14N4O3. The van der Waals surface area contributed by atoms with Gasteiger partial charge in [0.1, 0.15) is 12.2 Å². The third-order valence-corrected chi connectivity index (χ3v) is 3.40. The zero-order valence-electron chi connectivity index (χ0n) is 8.60. The van der Waals surface area contributed by atoms with E-state index in [1.165, 1.54) is 0 Å². The summed E-state index contributed by atoms with van der Waals surface area (Å²) in [5.74, 6) is 0. The van der Waals surface area contributed by atoms with E-state index in [9.17, 15) is 10.2 Å². The van der Waals surface area contributed by atoms with E-state index in [0.29, 0.717) is 13.0 Å². The zero-order chi connectivity index (χ0) is 11.3. The van der Waals surface area contributed by atoms with Crippen molar-refractivity contribution in [1.29, 1.82) is 0 Å². The maximum atomic E-state index is 9.89. The summed E-state index contributed by atoms with van der Waals surface area (Å²) in [6, 6.07) is -0.602. The number of aliphatic hydroxyl groups excluding tert-OH is 2. The Labute approximate surface area is 91.8 Å². The van der Waals surface area contributed by atoms with Gasteiger partial charge in [-0.25, -0.2) is 4.68 Å². The molecule has 5 atom stereocenters. The van der Waals surface area contributed by atoms with Gasteiger partial charge in [0.2, 0.25) is 0 Å². The molecule has 0 spiro atoms. The van der Waals surface area contributed by atoms with Crippen molar-refractivity contribution < 1.29 is 14.9 Å². The second kappa shape index (κ2) is 3.49. The van der Waals surface area contributed by atoms with E-state index in [-0.39, 0.29) is 6.04 Å². The van der Waals surface area contributed by atoms with Crippen molar-refractivity contribution in [3.63, 3.8) is 0 Å². The normalized spacial score (nSPS) is 42.6. The fraction of sp³-hybridized carbons (Fsp3) is 0.778. The molecule has 1 saturated carbocycles. The van der Waals surface area contributed by atoms with Gasteiger partial charge in [0.15, 0.2) is 0 Å². The topological polar surface area (TPSA) is 106 Å². The third-order valence-electron chi connectivity index (χ3n) is 3.40. The number of ether oxygens (including phenoxy) is 1. The smallest absolute Gasteiger partial charge is 0.110 e. The largest absolute Gasteiger partial charge is 0.389 e. The molecule has 2 aliphatic rings. The lowest BCUT2D eigenvalue weighted by Gasteiger charge is -2.43. The number of fused-ring (bicyclic) bond motifs is 3. The van der Waals surface area contributed by atoms with E-state index in [2.05, 4.69) is 10.3 Å². The van der Waals surface area contributed by atoms with Crippen molar-refractivity contribution in [2.45, 2.75) is 43.4 Å². The molecule has 7 nitrogen and oxygen atoms in total. The Balaban J connectivity index is 1.96. The van der Waals surface area contributed by atoms with Gasteiger partial charge in [0, 0.05) is 6.04 Å². The van der Waals surface area contributed by atoms with Crippen LogP contribution >= 0.6 is 0 Å². The molecule has 3 rings (SSSR count). The molecule has 0 radical (unpaired) electrons. The van der Waals surface area contributed by atoms with Crippen LogP contribution in [0.1, 0.15) is 18.2 Å². The van der Waals surface area contributed by atoms with Gasteiger partial charge in [-0.1, -0.05) is 5.21 Å². The minimum absolute atomic E-state index is 0.139. The highest BCUT2D eigenvalue weighted by atomic mass is 16.5. The predicted octanol–water partition coefficient (Wildman–Crippen LogP) is -1.83. The molecule has 1 aromatic rings. The molecule has 16 heavy (non-hydrogen) atoms. The number of nitrogens with zero attached hydrogens (tertiary/aromatic N) is 3. The van der Waals surface area contributed by atoms with Crippen molar-refractivity contribution >= 4 is 0 Å². The summed E-state index contributed by atoms with van der Waals surface area (Å²) in [7, 11) is 0. The highest BCUT2D eigenvalue weighted by molar-refractivity contribution is 5.05. The van der Waals surface area contributed by atoms with Gasteiger partial charge in [0.25, 0.3) is 0 Å². The van der Waals surface area contributed by atoms with Crippen LogP contribution in [-0.2, 0) is 11.3 Å². The van der Waals surface area contributed by atoms with E-state index in [4.69, 9.17) is 10.5 Å². The summed E-state index contributed by atoms with van der Waals surface area (Å²) >= 11 is 0. The van der Waals surface area contributed by atoms with Crippen molar-refractivity contribution in [2.24, 2.45) is 5.73 Å². The first-order valence-corrected chi connectivity index (χ1v) is 5.31. The van der Waals surface area contributed by atoms with Crippen LogP contribution in [0.15, 0.2) is 6.20 Å². The Kier molecular flexibility index (Phi) is 2.21. The fourth-order valence-corrected chi connectivity index (χ4v) is 2.51. The van der Waals surface area contributed by atoms with E-state index in [0.717, 1.165) is 5.69 Å². The van der Waals surface area contributed by atoms with Crippen LogP contribution in [0, 0.1) is 0 Å². The van der Waals surface area contributed by atoms with Gasteiger partial charge >= 0.3 is 0 Å². The summed E-state index contributed by atoms with van der Waals surface area (Å²) in [5.41, 5.74) is 6.65. The minimum atomic E-state index is -0.967. The fourth-order valence-electron chi connectivity index (χ4n) is 2.51. The van der Waals surface area contributed by atoms with Crippen LogP contribution in [0.25, 0.3) is 0 Å². The Hall–Kier alpha value is -1.02. The van der Waals surface area contributed by atoms with Gasteiger partial charge in [-0.2, -0.15) is 0 Å². The summed E-state index contributed by atoms with van der Waals surface area (Å²) < 4.78 is 7.27. The highest BCUT2D eigenvalue weighted by Crippen LogP contribution is 2.34. The summed E-state index contributed by atoms with van der Waals surface area (Å²) in [6.07, 6.45) is -0.195. The SMILES string of the molecule is N[C@H]1C[C@@H]2[C@H](OCc3cnnn32)[C@@H](O)[C@@H]1O. The Bertz CT molecular complexity index is 396. The summed E-state index contributed by atoms with van der Waals surface area (Å²) in [5, 5.41) is 27.4. The summed E-state index contributed by atoms with van der Waals surface area (Å²) in [4.78, 5) is 0. The molecule has 7 heteroatoms. The number of aliphatic hydroxyl groups is 2. The average molecular weight is 226 g/mol. The maximum Gasteiger partial charge on any atom is 0.110 e. The molecule has 4 N–H and O–H groups in total. The number of hydrogen-bond donors (Lipinski definition) is 3. The Morgan fingerprint density at radius 3 is 3.06 bits per heavy atom. The molecule has 1 fully saturated rings. The molecule has 0 amide bonds. The highest BCUT2D eigenvalue weighted by Gasteiger charge is 2.46. The van der Waals surface area contributed by atoms with E-state index < -0.39 is 24.4 Å². The lowest BCUT2D eigenvalue weighted by molar-refractivity contribution is -0.159.